The Bertz CT molecular complexity index is 1620. The molecular formula is C27H27FN4O3S. The highest BCUT2D eigenvalue weighted by molar-refractivity contribution is 7.92. The van der Waals surface area contributed by atoms with Gasteiger partial charge in [-0.05, 0) is 79.9 Å². The number of hydrogen-bond acceptors (Lipinski definition) is 5. The fraction of sp³-hybridized carbons (Fsp3) is 0.222. The summed E-state index contributed by atoms with van der Waals surface area (Å²) in [6.07, 6.45) is 4.51. The molecular weight excluding hydrogens is 479 g/mol. The van der Waals surface area contributed by atoms with E-state index in [1.807, 2.05) is 48.1 Å². The molecule has 5 rings (SSSR count). The van der Waals surface area contributed by atoms with E-state index in [9.17, 15) is 12.8 Å². The third-order valence-corrected chi connectivity index (χ3v) is 7.58. The SMILES string of the molecule is Cn1ccc2cc(S(=O)(=O)Nc3cccc(CNCCCCc4noc5cc(F)ccc45)c3)ccc21. The molecule has 0 saturated carbocycles. The average Bonchev–Trinajstić information content (AvgIpc) is 3.43. The van der Waals surface area contributed by atoms with Gasteiger partial charge < -0.3 is 14.4 Å². The van der Waals surface area contributed by atoms with Gasteiger partial charge in [0.1, 0.15) is 5.82 Å². The molecule has 0 saturated heterocycles. The lowest BCUT2D eigenvalue weighted by molar-refractivity contribution is 0.442. The van der Waals surface area contributed by atoms with E-state index in [-0.39, 0.29) is 10.7 Å². The molecule has 9 heteroatoms. The van der Waals surface area contributed by atoms with Crippen molar-refractivity contribution in [3.05, 3.63) is 90.0 Å². The van der Waals surface area contributed by atoms with Crippen molar-refractivity contribution in [3.8, 4) is 0 Å². The number of rotatable bonds is 10. The Morgan fingerprint density at radius 1 is 1.03 bits per heavy atom. The summed E-state index contributed by atoms with van der Waals surface area (Å²) in [7, 11) is -1.77. The van der Waals surface area contributed by atoms with Crippen molar-refractivity contribution in [2.45, 2.75) is 30.7 Å². The number of nitrogens with zero attached hydrogens (tertiary/aromatic N) is 2. The third-order valence-electron chi connectivity index (χ3n) is 6.20. The van der Waals surface area contributed by atoms with Gasteiger partial charge in [0.2, 0.25) is 0 Å². The Morgan fingerprint density at radius 2 is 1.92 bits per heavy atom. The molecule has 36 heavy (non-hydrogen) atoms. The fourth-order valence-corrected chi connectivity index (χ4v) is 5.39. The Labute approximate surface area is 209 Å². The molecule has 0 amide bonds. The van der Waals surface area contributed by atoms with Gasteiger partial charge in [-0.3, -0.25) is 4.72 Å². The van der Waals surface area contributed by atoms with E-state index in [2.05, 4.69) is 15.2 Å². The molecule has 2 aromatic heterocycles. The zero-order valence-corrected chi connectivity index (χ0v) is 20.7. The minimum absolute atomic E-state index is 0.231. The van der Waals surface area contributed by atoms with Crippen LogP contribution in [0.4, 0.5) is 10.1 Å². The van der Waals surface area contributed by atoms with Crippen molar-refractivity contribution >= 4 is 37.6 Å². The minimum Gasteiger partial charge on any atom is -0.356 e. The average molecular weight is 507 g/mol. The lowest BCUT2D eigenvalue weighted by Crippen LogP contribution is -2.16. The van der Waals surface area contributed by atoms with Crippen LogP contribution in [0.2, 0.25) is 0 Å². The zero-order valence-electron chi connectivity index (χ0n) is 19.9. The van der Waals surface area contributed by atoms with E-state index in [0.717, 1.165) is 53.4 Å². The quantitative estimate of drug-likeness (QED) is 0.249. The molecule has 0 atom stereocenters. The van der Waals surface area contributed by atoms with E-state index < -0.39 is 10.0 Å². The summed E-state index contributed by atoms with van der Waals surface area (Å²) >= 11 is 0. The summed E-state index contributed by atoms with van der Waals surface area (Å²) in [6.45, 7) is 1.43. The van der Waals surface area contributed by atoms with E-state index in [1.54, 1.807) is 24.3 Å². The number of unbranched alkanes of at least 4 members (excludes halogenated alkanes) is 1. The van der Waals surface area contributed by atoms with Gasteiger partial charge in [-0.2, -0.15) is 0 Å². The molecule has 2 heterocycles. The van der Waals surface area contributed by atoms with Crippen molar-refractivity contribution in [1.29, 1.82) is 0 Å². The second-order valence-corrected chi connectivity index (χ2v) is 10.5. The molecule has 0 aliphatic heterocycles. The van der Waals surface area contributed by atoms with Gasteiger partial charge in [0.05, 0.1) is 10.6 Å². The molecule has 2 N–H and O–H groups in total. The summed E-state index contributed by atoms with van der Waals surface area (Å²) in [4.78, 5) is 0.231. The van der Waals surface area contributed by atoms with E-state index in [4.69, 9.17) is 4.52 Å². The second kappa shape index (κ2) is 10.1. The van der Waals surface area contributed by atoms with Crippen LogP contribution in [0.3, 0.4) is 0 Å². The van der Waals surface area contributed by atoms with Crippen LogP contribution in [-0.2, 0) is 30.0 Å². The number of fused-ring (bicyclic) bond motifs is 2. The number of nitrogens with one attached hydrogen (secondary N) is 2. The van der Waals surface area contributed by atoms with Gasteiger partial charge >= 0.3 is 0 Å². The zero-order chi connectivity index (χ0) is 25.1. The van der Waals surface area contributed by atoms with Gasteiger partial charge in [-0.15, -0.1) is 0 Å². The predicted molar refractivity (Wildman–Crippen MR) is 139 cm³/mol. The van der Waals surface area contributed by atoms with Gasteiger partial charge in [0.15, 0.2) is 5.58 Å². The molecule has 0 spiro atoms. The van der Waals surface area contributed by atoms with Crippen molar-refractivity contribution in [3.63, 3.8) is 0 Å². The molecule has 0 fully saturated rings. The van der Waals surface area contributed by atoms with Crippen molar-refractivity contribution in [2.75, 3.05) is 11.3 Å². The summed E-state index contributed by atoms with van der Waals surface area (Å²) in [6, 6.07) is 18.9. The van der Waals surface area contributed by atoms with Crippen molar-refractivity contribution in [2.24, 2.45) is 7.05 Å². The van der Waals surface area contributed by atoms with Crippen molar-refractivity contribution in [1.82, 2.24) is 15.0 Å². The molecule has 0 bridgehead atoms. The fourth-order valence-electron chi connectivity index (χ4n) is 4.30. The first kappa shape index (κ1) is 24.0. The first-order chi connectivity index (χ1) is 17.4. The molecule has 186 valence electrons. The summed E-state index contributed by atoms with van der Waals surface area (Å²) < 4.78 is 49.0. The predicted octanol–water partition coefficient (Wildman–Crippen LogP) is 5.37. The third kappa shape index (κ3) is 5.27. The molecule has 0 radical (unpaired) electrons. The molecule has 0 unspecified atom stereocenters. The maximum atomic E-state index is 13.3. The Hall–Kier alpha value is -3.69. The minimum atomic E-state index is -3.70. The summed E-state index contributed by atoms with van der Waals surface area (Å²) in [5.41, 5.74) is 3.80. The van der Waals surface area contributed by atoms with Crippen LogP contribution in [0.15, 0.2) is 82.3 Å². The monoisotopic (exact) mass is 506 g/mol. The number of benzene rings is 3. The number of aromatic nitrogens is 2. The first-order valence-corrected chi connectivity index (χ1v) is 13.3. The van der Waals surface area contributed by atoms with Gasteiger partial charge in [0, 0.05) is 47.8 Å². The van der Waals surface area contributed by atoms with Crippen LogP contribution in [-0.4, -0.2) is 24.7 Å². The first-order valence-electron chi connectivity index (χ1n) is 11.8. The van der Waals surface area contributed by atoms with Crippen LogP contribution in [0.25, 0.3) is 21.9 Å². The van der Waals surface area contributed by atoms with E-state index >= 15 is 0 Å². The highest BCUT2D eigenvalue weighted by Gasteiger charge is 2.15. The molecule has 7 nitrogen and oxygen atoms in total. The van der Waals surface area contributed by atoms with Gasteiger partial charge in [-0.1, -0.05) is 17.3 Å². The van der Waals surface area contributed by atoms with Crippen LogP contribution >= 0.6 is 0 Å². The van der Waals surface area contributed by atoms with Gasteiger partial charge in [0.25, 0.3) is 10.0 Å². The highest BCUT2D eigenvalue weighted by atomic mass is 32.2. The maximum absolute atomic E-state index is 13.3. The van der Waals surface area contributed by atoms with Gasteiger partial charge in [-0.25, -0.2) is 12.8 Å². The van der Waals surface area contributed by atoms with Crippen LogP contribution in [0, 0.1) is 5.82 Å². The molecule has 0 aliphatic carbocycles. The lowest BCUT2D eigenvalue weighted by Gasteiger charge is -2.11. The number of anilines is 1. The smallest absolute Gasteiger partial charge is 0.261 e. The second-order valence-electron chi connectivity index (χ2n) is 8.86. The maximum Gasteiger partial charge on any atom is 0.261 e. The van der Waals surface area contributed by atoms with E-state index in [0.29, 0.717) is 17.8 Å². The summed E-state index contributed by atoms with van der Waals surface area (Å²) in [5.74, 6) is -0.333. The lowest BCUT2D eigenvalue weighted by atomic mass is 10.1. The largest absolute Gasteiger partial charge is 0.356 e. The standard InChI is InChI=1S/C27H27FN4O3S/c1-32-14-12-20-16-23(9-11-26(20)32)36(33,34)31-22-6-4-5-19(15-22)18-29-13-3-2-7-25-24-10-8-21(28)17-27(24)35-30-25/h4-6,8-12,14-17,29,31H,2-3,7,13,18H2,1H3. The molecule has 0 aliphatic rings. The number of aryl methyl sites for hydroxylation is 2. The molecule has 5 aromatic rings. The Morgan fingerprint density at radius 3 is 2.81 bits per heavy atom. The van der Waals surface area contributed by atoms with Crippen LogP contribution in [0.1, 0.15) is 24.1 Å². The normalized spacial score (nSPS) is 11.9. The topological polar surface area (TPSA) is 89.2 Å². The number of halogens is 1. The van der Waals surface area contributed by atoms with Crippen LogP contribution in [0.5, 0.6) is 0 Å². The van der Waals surface area contributed by atoms with Crippen LogP contribution < -0.4 is 10.0 Å². The Kier molecular flexibility index (Phi) is 6.75. The highest BCUT2D eigenvalue weighted by Crippen LogP contribution is 2.23. The Balaban J connectivity index is 1.12. The summed E-state index contributed by atoms with van der Waals surface area (Å²) in [5, 5.41) is 9.19. The molecule has 3 aromatic carbocycles. The number of hydrogen-bond donors (Lipinski definition) is 2. The van der Waals surface area contributed by atoms with Crippen molar-refractivity contribution < 1.29 is 17.3 Å². The van der Waals surface area contributed by atoms with E-state index in [1.165, 1.54) is 12.1 Å². The number of sulfonamides is 1.